The van der Waals surface area contributed by atoms with E-state index in [0.717, 1.165) is 4.88 Å². The number of sulfonamides is 1. The third kappa shape index (κ3) is 4.74. The first-order valence-corrected chi connectivity index (χ1v) is 7.29. The van der Waals surface area contributed by atoms with Crippen molar-refractivity contribution in [1.82, 2.24) is 4.72 Å². The number of hydrogen-bond donors (Lipinski definition) is 2. The molecule has 1 rings (SSSR count). The maximum atomic E-state index is 11.5. The Bertz CT molecular complexity index is 373. The van der Waals surface area contributed by atoms with Crippen molar-refractivity contribution in [3.63, 3.8) is 0 Å². The molecule has 0 aromatic carbocycles. The van der Waals surface area contributed by atoms with Gasteiger partial charge in [-0.05, 0) is 24.8 Å². The van der Waals surface area contributed by atoms with Crippen LogP contribution < -0.4 is 10.5 Å². The lowest BCUT2D eigenvalue weighted by molar-refractivity contribution is 0.562. The molecule has 0 saturated heterocycles. The molecule has 0 bridgehead atoms. The van der Waals surface area contributed by atoms with E-state index >= 15 is 0 Å². The van der Waals surface area contributed by atoms with Crippen LogP contribution >= 0.6 is 11.3 Å². The zero-order chi connectivity index (χ0) is 11.3. The highest BCUT2D eigenvalue weighted by Gasteiger charge is 2.13. The first-order valence-electron chi connectivity index (χ1n) is 4.76. The Morgan fingerprint density at radius 1 is 1.60 bits per heavy atom. The largest absolute Gasteiger partial charge is 0.329 e. The number of hydrogen-bond acceptors (Lipinski definition) is 4. The Hall–Kier alpha value is -0.430. The maximum absolute atomic E-state index is 11.5. The minimum absolute atomic E-state index is 0.123. The molecule has 0 fully saturated rings. The van der Waals surface area contributed by atoms with E-state index in [1.54, 1.807) is 18.3 Å². The Balaban J connectivity index is 2.43. The molecule has 86 valence electrons. The Kier molecular flexibility index (Phi) is 4.72. The van der Waals surface area contributed by atoms with Crippen LogP contribution in [0.2, 0.25) is 0 Å². The van der Waals surface area contributed by atoms with Gasteiger partial charge in [-0.25, -0.2) is 13.1 Å². The third-order valence-electron chi connectivity index (χ3n) is 1.93. The molecular weight excluding hydrogens is 232 g/mol. The zero-order valence-corrected chi connectivity index (χ0v) is 10.3. The van der Waals surface area contributed by atoms with Crippen LogP contribution in [0, 0.1) is 0 Å². The van der Waals surface area contributed by atoms with Crippen LogP contribution in [0.25, 0.3) is 0 Å². The van der Waals surface area contributed by atoms with Gasteiger partial charge in [-0.2, -0.15) is 0 Å². The van der Waals surface area contributed by atoms with Crippen LogP contribution in [-0.4, -0.2) is 26.8 Å². The minimum Gasteiger partial charge on any atom is -0.329 e. The zero-order valence-electron chi connectivity index (χ0n) is 8.64. The Labute approximate surface area is 94.5 Å². The summed E-state index contributed by atoms with van der Waals surface area (Å²) in [6.45, 7) is 2.07. The summed E-state index contributed by atoms with van der Waals surface area (Å²) in [5.41, 5.74) is 5.35. The van der Waals surface area contributed by atoms with Crippen LogP contribution in [0.3, 0.4) is 0 Å². The second-order valence-corrected chi connectivity index (χ2v) is 6.31. The standard InChI is InChI=1S/C9H16N2O2S2/c1-8(7-10)11-15(12,13)6-4-9-3-2-5-14-9/h2-3,5,8,11H,4,6-7,10H2,1H3/t8-/m0/s1. The summed E-state index contributed by atoms with van der Waals surface area (Å²) in [5.74, 6) is 0.123. The molecule has 1 aromatic rings. The van der Waals surface area contributed by atoms with E-state index in [9.17, 15) is 8.42 Å². The van der Waals surface area contributed by atoms with E-state index in [4.69, 9.17) is 5.73 Å². The van der Waals surface area contributed by atoms with Crippen molar-refractivity contribution < 1.29 is 8.42 Å². The SMILES string of the molecule is C[C@@H](CN)NS(=O)(=O)CCc1cccs1. The Morgan fingerprint density at radius 3 is 2.87 bits per heavy atom. The fraction of sp³-hybridized carbons (Fsp3) is 0.556. The molecule has 6 heteroatoms. The molecular formula is C9H16N2O2S2. The van der Waals surface area contributed by atoms with Gasteiger partial charge in [0.25, 0.3) is 0 Å². The van der Waals surface area contributed by atoms with Crippen LogP contribution in [0.1, 0.15) is 11.8 Å². The van der Waals surface area contributed by atoms with Crippen molar-refractivity contribution >= 4 is 21.4 Å². The van der Waals surface area contributed by atoms with Crippen molar-refractivity contribution in [2.24, 2.45) is 5.73 Å². The topological polar surface area (TPSA) is 72.2 Å². The van der Waals surface area contributed by atoms with Gasteiger partial charge in [-0.3, -0.25) is 0 Å². The van der Waals surface area contributed by atoms with E-state index in [1.807, 2.05) is 17.5 Å². The predicted molar refractivity (Wildman–Crippen MR) is 63.5 cm³/mol. The fourth-order valence-corrected chi connectivity index (χ4v) is 3.26. The van der Waals surface area contributed by atoms with Gasteiger partial charge in [0.05, 0.1) is 5.75 Å². The van der Waals surface area contributed by atoms with Crippen molar-refractivity contribution in [3.8, 4) is 0 Å². The molecule has 0 aliphatic rings. The molecule has 0 amide bonds. The average molecular weight is 248 g/mol. The van der Waals surface area contributed by atoms with Crippen molar-refractivity contribution in [2.75, 3.05) is 12.3 Å². The molecule has 0 saturated carbocycles. The highest BCUT2D eigenvalue weighted by atomic mass is 32.2. The smallest absolute Gasteiger partial charge is 0.212 e. The molecule has 4 nitrogen and oxygen atoms in total. The summed E-state index contributed by atoms with van der Waals surface area (Å²) in [6, 6.07) is 3.66. The van der Waals surface area contributed by atoms with Crippen molar-refractivity contribution in [2.45, 2.75) is 19.4 Å². The van der Waals surface area contributed by atoms with E-state index in [-0.39, 0.29) is 11.8 Å². The average Bonchev–Trinajstić information content (AvgIpc) is 2.66. The van der Waals surface area contributed by atoms with Gasteiger partial charge >= 0.3 is 0 Å². The van der Waals surface area contributed by atoms with Gasteiger partial charge in [0.15, 0.2) is 0 Å². The monoisotopic (exact) mass is 248 g/mol. The van der Waals surface area contributed by atoms with Crippen LogP contribution in [-0.2, 0) is 16.4 Å². The van der Waals surface area contributed by atoms with Gasteiger partial charge in [0.1, 0.15) is 0 Å². The van der Waals surface area contributed by atoms with Gasteiger partial charge in [-0.15, -0.1) is 11.3 Å². The molecule has 15 heavy (non-hydrogen) atoms. The lowest BCUT2D eigenvalue weighted by atomic mass is 10.4. The third-order valence-corrected chi connectivity index (χ3v) is 4.37. The number of thiophene rings is 1. The summed E-state index contributed by atoms with van der Waals surface area (Å²) in [6.07, 6.45) is 0.560. The minimum atomic E-state index is -3.19. The summed E-state index contributed by atoms with van der Waals surface area (Å²) >= 11 is 1.57. The van der Waals surface area contributed by atoms with Crippen LogP contribution in [0.4, 0.5) is 0 Å². The summed E-state index contributed by atoms with van der Waals surface area (Å²) in [5, 5.41) is 1.94. The molecule has 0 unspecified atom stereocenters. The number of rotatable bonds is 6. The van der Waals surface area contributed by atoms with Gasteiger partial charge in [0.2, 0.25) is 10.0 Å². The van der Waals surface area contributed by atoms with E-state index in [2.05, 4.69) is 4.72 Å². The molecule has 1 aromatic heterocycles. The van der Waals surface area contributed by atoms with Crippen molar-refractivity contribution in [1.29, 1.82) is 0 Å². The van der Waals surface area contributed by atoms with E-state index < -0.39 is 10.0 Å². The number of nitrogens with one attached hydrogen (secondary N) is 1. The lowest BCUT2D eigenvalue weighted by Gasteiger charge is -2.11. The maximum Gasteiger partial charge on any atom is 0.212 e. The highest BCUT2D eigenvalue weighted by Crippen LogP contribution is 2.09. The first kappa shape index (κ1) is 12.6. The molecule has 0 spiro atoms. The Morgan fingerprint density at radius 2 is 2.33 bits per heavy atom. The normalized spacial score (nSPS) is 14.0. The first-order chi connectivity index (χ1) is 7.03. The lowest BCUT2D eigenvalue weighted by Crippen LogP contribution is -2.39. The van der Waals surface area contributed by atoms with Gasteiger partial charge in [0, 0.05) is 17.5 Å². The molecule has 0 aliphatic heterocycles. The van der Waals surface area contributed by atoms with E-state index in [1.165, 1.54) is 0 Å². The van der Waals surface area contributed by atoms with Crippen LogP contribution in [0.5, 0.6) is 0 Å². The summed E-state index contributed by atoms with van der Waals surface area (Å²) in [4.78, 5) is 1.08. The van der Waals surface area contributed by atoms with Gasteiger partial charge < -0.3 is 5.73 Å². The van der Waals surface area contributed by atoms with E-state index in [0.29, 0.717) is 13.0 Å². The number of nitrogens with two attached hydrogens (primary N) is 1. The number of aryl methyl sites for hydroxylation is 1. The molecule has 1 heterocycles. The highest BCUT2D eigenvalue weighted by molar-refractivity contribution is 7.89. The second-order valence-electron chi connectivity index (χ2n) is 3.40. The van der Waals surface area contributed by atoms with Crippen LogP contribution in [0.15, 0.2) is 17.5 Å². The quantitative estimate of drug-likeness (QED) is 0.772. The summed E-state index contributed by atoms with van der Waals surface area (Å²) < 4.78 is 25.6. The second kappa shape index (κ2) is 5.60. The molecule has 0 radical (unpaired) electrons. The van der Waals surface area contributed by atoms with Crippen molar-refractivity contribution in [3.05, 3.63) is 22.4 Å². The fourth-order valence-electron chi connectivity index (χ4n) is 1.10. The van der Waals surface area contributed by atoms with Gasteiger partial charge in [-0.1, -0.05) is 6.07 Å². The molecule has 0 aliphatic carbocycles. The molecule has 3 N–H and O–H groups in total. The summed E-state index contributed by atoms with van der Waals surface area (Å²) in [7, 11) is -3.19. The molecule has 1 atom stereocenters. The predicted octanol–water partition coefficient (Wildman–Crippen LogP) is 0.557.